The number of nitrogens with one attached hydrogen (secondary N) is 1. The minimum absolute atomic E-state index is 0.589. The molecule has 1 amide bonds. The second kappa shape index (κ2) is 7.51. The zero-order valence-corrected chi connectivity index (χ0v) is 12.3. The quantitative estimate of drug-likeness (QED) is 0.300. The highest BCUT2D eigenvalue weighted by Crippen LogP contribution is 2.31. The summed E-state index contributed by atoms with van der Waals surface area (Å²) in [4.78, 5) is 22.6. The van der Waals surface area contributed by atoms with Crippen LogP contribution in [0.2, 0.25) is 0 Å². The minimum atomic E-state index is -2.68. The lowest BCUT2D eigenvalue weighted by Gasteiger charge is -2.44. The highest BCUT2D eigenvalue weighted by Gasteiger charge is 2.54. The van der Waals surface area contributed by atoms with Crippen molar-refractivity contribution in [1.29, 1.82) is 0 Å². The molecule has 10 nitrogen and oxygen atoms in total. The smallest absolute Gasteiger partial charge is 0.384 e. The SMILES string of the molecule is CC(=O)N[C@@H]1[C@@H](O)C[C@](O)(C(=O)OCl)O[C@H]1C(O)[C@H](O)CO. The van der Waals surface area contributed by atoms with Crippen molar-refractivity contribution in [2.75, 3.05) is 6.61 Å². The molecule has 0 aromatic heterocycles. The van der Waals surface area contributed by atoms with E-state index >= 15 is 0 Å². The molecule has 0 radical (unpaired) electrons. The molecule has 1 aliphatic heterocycles. The summed E-state index contributed by atoms with van der Waals surface area (Å²) >= 11 is 4.87. The van der Waals surface area contributed by atoms with Crippen LogP contribution in [0.5, 0.6) is 0 Å². The van der Waals surface area contributed by atoms with Gasteiger partial charge in [0, 0.05) is 13.3 Å². The van der Waals surface area contributed by atoms with Crippen LogP contribution >= 0.6 is 11.9 Å². The third-order valence-corrected chi connectivity index (χ3v) is 3.40. The molecule has 22 heavy (non-hydrogen) atoms. The van der Waals surface area contributed by atoms with Gasteiger partial charge in [0.25, 0.3) is 5.79 Å². The van der Waals surface area contributed by atoms with Gasteiger partial charge in [-0.2, -0.15) is 0 Å². The Kier molecular flexibility index (Phi) is 6.50. The maximum atomic E-state index is 11.4. The van der Waals surface area contributed by atoms with E-state index in [2.05, 4.69) is 9.61 Å². The van der Waals surface area contributed by atoms with Gasteiger partial charge in [-0.15, -0.1) is 0 Å². The Hall–Kier alpha value is -1.01. The van der Waals surface area contributed by atoms with Gasteiger partial charge in [0.15, 0.2) is 0 Å². The molecule has 11 heteroatoms. The van der Waals surface area contributed by atoms with Crippen molar-refractivity contribution < 1.29 is 44.1 Å². The van der Waals surface area contributed by atoms with E-state index in [0.29, 0.717) is 0 Å². The number of hydrogen-bond acceptors (Lipinski definition) is 9. The number of ether oxygens (including phenoxy) is 1. The standard InChI is InChI=1S/C11H18ClNO9/c1-4(15)13-7-5(16)2-11(20,10(19)22-12)21-9(7)8(18)6(17)3-14/h5-9,14,16-18,20H,2-3H2,1H3,(H,13,15)/t5-,6+,7+,8?,9+,11+/m0/s1. The highest BCUT2D eigenvalue weighted by atomic mass is 35.5. The Balaban J connectivity index is 3.09. The third-order valence-electron chi connectivity index (χ3n) is 3.26. The number of rotatable bonds is 5. The van der Waals surface area contributed by atoms with Crippen molar-refractivity contribution in [3.63, 3.8) is 0 Å². The van der Waals surface area contributed by atoms with Gasteiger partial charge in [0.05, 0.1) is 18.8 Å². The fourth-order valence-electron chi connectivity index (χ4n) is 2.19. The van der Waals surface area contributed by atoms with E-state index in [-0.39, 0.29) is 0 Å². The average molecular weight is 344 g/mol. The van der Waals surface area contributed by atoms with Crippen LogP contribution in [-0.2, 0) is 18.6 Å². The molecular weight excluding hydrogens is 326 g/mol. The summed E-state index contributed by atoms with van der Waals surface area (Å²) in [6.45, 7) is 0.273. The topological polar surface area (TPSA) is 166 Å². The Bertz CT molecular complexity index is 422. The maximum absolute atomic E-state index is 11.4. The minimum Gasteiger partial charge on any atom is -0.394 e. The van der Waals surface area contributed by atoms with Gasteiger partial charge in [-0.25, -0.2) is 4.79 Å². The molecule has 1 fully saturated rings. The Morgan fingerprint density at radius 1 is 1.50 bits per heavy atom. The second-order valence-corrected chi connectivity index (χ2v) is 5.12. The molecule has 0 aliphatic carbocycles. The van der Waals surface area contributed by atoms with E-state index in [4.69, 9.17) is 21.7 Å². The molecule has 6 atom stereocenters. The molecule has 1 rings (SSSR count). The third kappa shape index (κ3) is 4.04. The Morgan fingerprint density at radius 2 is 2.09 bits per heavy atom. The first-order valence-corrected chi connectivity index (χ1v) is 6.62. The predicted octanol–water partition coefficient (Wildman–Crippen LogP) is -3.26. The summed E-state index contributed by atoms with van der Waals surface area (Å²) in [7, 11) is 0. The van der Waals surface area contributed by atoms with Gasteiger partial charge < -0.3 is 39.9 Å². The van der Waals surface area contributed by atoms with Crippen molar-refractivity contribution in [2.24, 2.45) is 0 Å². The number of aliphatic hydroxyl groups is 5. The van der Waals surface area contributed by atoms with Crippen molar-refractivity contribution in [3.05, 3.63) is 0 Å². The summed E-state index contributed by atoms with van der Waals surface area (Å²) in [6, 6.07) is -1.25. The summed E-state index contributed by atoms with van der Waals surface area (Å²) in [6.07, 6.45) is -7.36. The van der Waals surface area contributed by atoms with Crippen LogP contribution in [0.15, 0.2) is 0 Å². The van der Waals surface area contributed by atoms with E-state index < -0.39 is 61.1 Å². The number of aliphatic hydroxyl groups excluding tert-OH is 4. The first kappa shape index (κ1) is 19.0. The molecule has 6 N–H and O–H groups in total. The first-order chi connectivity index (χ1) is 10.2. The van der Waals surface area contributed by atoms with Crippen LogP contribution in [0.25, 0.3) is 0 Å². The second-order valence-electron chi connectivity index (χ2n) is 4.97. The van der Waals surface area contributed by atoms with E-state index in [1.165, 1.54) is 0 Å². The van der Waals surface area contributed by atoms with Crippen molar-refractivity contribution in [2.45, 2.75) is 49.6 Å². The normalized spacial score (nSPS) is 34.6. The van der Waals surface area contributed by atoms with E-state index in [1.54, 1.807) is 0 Å². The van der Waals surface area contributed by atoms with Gasteiger partial charge in [-0.05, 0) is 0 Å². The van der Waals surface area contributed by atoms with E-state index in [0.717, 1.165) is 6.92 Å². The lowest BCUT2D eigenvalue weighted by Crippen LogP contribution is -2.67. The fraction of sp³-hybridized carbons (Fsp3) is 0.818. The summed E-state index contributed by atoms with van der Waals surface area (Å²) in [5, 5.41) is 50.6. The summed E-state index contributed by atoms with van der Waals surface area (Å²) < 4.78 is 8.83. The molecular formula is C11H18ClNO9. The Labute approximate surface area is 130 Å². The lowest BCUT2D eigenvalue weighted by atomic mass is 9.88. The highest BCUT2D eigenvalue weighted by molar-refractivity contribution is 6.14. The molecule has 0 bridgehead atoms. The molecule has 1 unspecified atom stereocenters. The summed E-state index contributed by atoms with van der Waals surface area (Å²) in [5.74, 6) is -4.71. The van der Waals surface area contributed by atoms with Gasteiger partial charge >= 0.3 is 5.97 Å². The van der Waals surface area contributed by atoms with Crippen LogP contribution in [0.1, 0.15) is 13.3 Å². The zero-order valence-electron chi connectivity index (χ0n) is 11.5. The number of halogens is 1. The number of carbonyl (C=O) groups is 2. The predicted molar refractivity (Wildman–Crippen MR) is 69.1 cm³/mol. The van der Waals surface area contributed by atoms with Gasteiger partial charge in [-0.3, -0.25) is 4.79 Å². The van der Waals surface area contributed by atoms with Crippen LogP contribution in [0.4, 0.5) is 0 Å². The lowest BCUT2D eigenvalue weighted by molar-refractivity contribution is -0.293. The molecule has 1 heterocycles. The monoisotopic (exact) mass is 343 g/mol. The van der Waals surface area contributed by atoms with Gasteiger partial charge in [0.1, 0.15) is 30.2 Å². The van der Waals surface area contributed by atoms with E-state index in [9.17, 15) is 30.0 Å². The number of hydrogen-bond donors (Lipinski definition) is 6. The molecule has 0 aromatic carbocycles. The van der Waals surface area contributed by atoms with E-state index in [1.807, 2.05) is 0 Å². The first-order valence-electron chi connectivity index (χ1n) is 6.31. The average Bonchev–Trinajstić information content (AvgIpc) is 2.46. The molecule has 0 spiro atoms. The van der Waals surface area contributed by atoms with Crippen LogP contribution in [0, 0.1) is 0 Å². The van der Waals surface area contributed by atoms with Crippen LogP contribution < -0.4 is 5.32 Å². The van der Waals surface area contributed by atoms with Gasteiger partial charge in [-0.1, -0.05) is 0 Å². The Morgan fingerprint density at radius 3 is 2.55 bits per heavy atom. The van der Waals surface area contributed by atoms with Crippen molar-refractivity contribution in [1.82, 2.24) is 5.32 Å². The number of amides is 1. The molecule has 1 saturated heterocycles. The molecule has 128 valence electrons. The van der Waals surface area contributed by atoms with Crippen molar-refractivity contribution in [3.8, 4) is 0 Å². The van der Waals surface area contributed by atoms with Crippen molar-refractivity contribution >= 4 is 23.7 Å². The van der Waals surface area contributed by atoms with Crippen LogP contribution in [0.3, 0.4) is 0 Å². The van der Waals surface area contributed by atoms with Gasteiger partial charge in [0.2, 0.25) is 5.91 Å². The molecule has 0 aromatic rings. The molecule has 1 aliphatic rings. The van der Waals surface area contributed by atoms with Crippen LogP contribution in [-0.4, -0.2) is 80.3 Å². The molecule has 0 saturated carbocycles. The maximum Gasteiger partial charge on any atom is 0.384 e. The largest absolute Gasteiger partial charge is 0.394 e. The summed E-state index contributed by atoms with van der Waals surface area (Å²) in [5.41, 5.74) is 0. The zero-order chi connectivity index (χ0) is 17.1. The fourth-order valence-corrected chi connectivity index (χ4v) is 2.31. The number of carbonyl (C=O) groups excluding carboxylic acids is 2.